The topological polar surface area (TPSA) is 255 Å². The summed E-state index contributed by atoms with van der Waals surface area (Å²) in [4.78, 5) is 130. The molecule has 6 aliphatic heterocycles. The number of carbonyl (C=O) groups is 2. The number of aromatic nitrogens is 9. The normalized spacial score (nSPS) is 30.5. The van der Waals surface area contributed by atoms with E-state index in [4.69, 9.17) is 19.7 Å². The van der Waals surface area contributed by atoms with E-state index < -0.39 is 24.0 Å². The van der Waals surface area contributed by atoms with E-state index in [0.717, 1.165) is 112 Å². The monoisotopic (exact) mass is 1640 g/mol. The van der Waals surface area contributed by atoms with Gasteiger partial charge in [0, 0.05) is 90.7 Å². The Morgan fingerprint density at radius 1 is 0.347 bits per heavy atom. The molecule has 18 atom stereocenters. The van der Waals surface area contributed by atoms with Crippen LogP contribution in [0.15, 0.2) is 156 Å². The molecule has 12 bridgehead atoms. The predicted octanol–water partition coefficient (Wildman–Crippen LogP) is 16.6. The number of ether oxygens (including phenoxy) is 1. The van der Waals surface area contributed by atoms with Crippen LogP contribution in [0, 0.1) is 35.5 Å². The second-order valence-electron chi connectivity index (χ2n) is 38.7. The number of hydrogen-bond donors (Lipinski definition) is 2. The quantitative estimate of drug-likeness (QED) is 0.0960. The van der Waals surface area contributed by atoms with Crippen LogP contribution in [0.2, 0.25) is 0 Å². The maximum atomic E-state index is 14.5. The minimum atomic E-state index is -1.14. The minimum absolute atomic E-state index is 0.0370. The molecular formula is C99H122N12O10. The van der Waals surface area contributed by atoms with Crippen LogP contribution < -0.4 is 33.4 Å². The number of nitrogens with one attached hydrogen (secondary N) is 1. The lowest BCUT2D eigenvalue weighted by Gasteiger charge is -2.54. The molecule has 0 amide bonds. The van der Waals surface area contributed by atoms with Gasteiger partial charge in [0.25, 0.3) is 27.8 Å². The van der Waals surface area contributed by atoms with E-state index in [9.17, 15) is 43.5 Å². The molecule has 0 spiro atoms. The Balaban J connectivity index is 0.000000120. The highest BCUT2D eigenvalue weighted by Gasteiger charge is 2.50. The molecule has 6 saturated heterocycles. The van der Waals surface area contributed by atoms with E-state index in [2.05, 4.69) is 19.7 Å². The first-order valence-electron chi connectivity index (χ1n) is 46.9. The predicted molar refractivity (Wildman–Crippen MR) is 472 cm³/mol. The highest BCUT2D eigenvalue weighted by molar-refractivity contribution is 5.80. The first-order chi connectivity index (χ1) is 59.1. The largest absolute Gasteiger partial charge is 0.480 e. The number of pyridine rings is 3. The molecule has 12 aliphatic rings. The van der Waals surface area contributed by atoms with Gasteiger partial charge in [0.15, 0.2) is 17.1 Å². The zero-order chi connectivity index (χ0) is 82.5. The van der Waals surface area contributed by atoms with Gasteiger partial charge in [-0.3, -0.25) is 62.2 Å². The summed E-state index contributed by atoms with van der Waals surface area (Å²) < 4.78 is 13.5. The number of para-hydroxylation sites is 6. The summed E-state index contributed by atoms with van der Waals surface area (Å²) in [6, 6.07) is 43.2. The molecular weight excluding hydrogens is 1520 g/mol. The van der Waals surface area contributed by atoms with E-state index in [1.54, 1.807) is 43.3 Å². The van der Waals surface area contributed by atoms with Crippen molar-refractivity contribution in [2.24, 2.45) is 35.5 Å². The number of esters is 1. The third kappa shape index (κ3) is 16.7. The number of aromatic amines is 1. The number of H-pyrrole nitrogens is 1. The third-order valence-electron chi connectivity index (χ3n) is 31.3. The molecule has 12 fully saturated rings. The molecule has 9 aromatic rings. The Kier molecular flexibility index (Phi) is 23.9. The SMILES string of the molecule is CCOC(=O)Cn1c(-c2nc3ccccc3n(C3C[C@H]4CCC[C@@H](C3)N4C3C[C@H]4CCCC[C@@H](C3)C4)c2=O)cccc1=O.O=C(O)Cn1c(-c2nc3ccccc3n(C3C[C@H]4CCC[C@@H](C3)N4C3C[C@H]4CCCC[C@@H](C3)C4)c2=O)cccc1=O.O=c1cccc(-c2nc3ccccc3n(C3C[C@H]4CCC[C@@H](C3)N4C3C[C@H]4CCCC[C@@H](C3)C4)c2=O)[nH]1. The molecule has 6 saturated carbocycles. The Morgan fingerprint density at radius 2 is 0.669 bits per heavy atom. The first-order valence-corrected chi connectivity index (χ1v) is 46.9. The van der Waals surface area contributed by atoms with Crippen molar-refractivity contribution in [3.05, 3.63) is 190 Å². The molecule has 6 aromatic heterocycles. The average molecular weight is 1640 g/mol. The zero-order valence-corrected chi connectivity index (χ0v) is 70.6. The number of benzene rings is 3. The number of carboxylic acid groups (broad SMARTS) is 1. The number of rotatable bonds is 14. The van der Waals surface area contributed by atoms with Gasteiger partial charge in [-0.05, 0) is 232 Å². The Morgan fingerprint density at radius 3 is 1.01 bits per heavy atom. The standard InChI is InChI=1S/C35H44N4O4.C33H40N4O4.C31H38N4O2/c1-2-43-33(41)22-37-31(15-8-16-32(37)40)34-35(42)39(30-14-6-5-13-29(30)36-34)28-20-25-11-7-12-26(21-28)38(25)27-18-23-9-3-4-10-24(17-23)19-27;38-30-14-6-13-29(35(30)20-31(39)40)32-33(41)37(28-12-4-3-11-27(28)34-32)26-18-23-9-5-10-24(19-26)36(23)25-16-21-7-1-2-8-22(15-21)17-25;36-29-14-6-12-27(32-29)30-31(37)35(28-13-4-3-11-26(28)33-30)25-18-22-9-5-10-23(19-25)34(22)24-16-20-7-1-2-8-21(15-20)17-24/h5-6,8,13-16,23-28H,2-4,7,9-12,17-22H2,1H3;3-4,6,11-14,21-26H,1-2,5,7-10,15-20H2,(H,39,40);3-4,6,11-14,20-25H,1-2,5,7-10,15-19H2,(H,32,36)/t23-,24+,25-,26+,27?,28?;21-,22+,23-,24+,25?,26?;20-,21+,22-,23+,24?,25?. The number of carbonyl (C=O) groups excluding carboxylic acids is 1. The van der Waals surface area contributed by atoms with Crippen molar-refractivity contribution in [3.8, 4) is 34.2 Å². The van der Waals surface area contributed by atoms with E-state index in [1.807, 2.05) is 86.5 Å². The van der Waals surface area contributed by atoms with Gasteiger partial charge in [-0.25, -0.2) is 15.0 Å². The second-order valence-corrected chi connectivity index (χ2v) is 38.7. The number of nitrogens with zero attached hydrogens (tertiary/aromatic N) is 11. The lowest BCUT2D eigenvalue weighted by molar-refractivity contribution is -0.144. The van der Waals surface area contributed by atoms with Crippen LogP contribution in [0.1, 0.15) is 256 Å². The van der Waals surface area contributed by atoms with E-state index in [-0.39, 0.29) is 76.2 Å². The number of carboxylic acids is 1. The smallest absolute Gasteiger partial charge is 0.326 e. The summed E-state index contributed by atoms with van der Waals surface area (Å²) in [5, 5.41) is 9.49. The van der Waals surface area contributed by atoms with Gasteiger partial charge in [0.2, 0.25) is 5.56 Å². The zero-order valence-electron chi connectivity index (χ0n) is 70.6. The number of hydrogen-bond acceptors (Lipinski definition) is 15. The van der Waals surface area contributed by atoms with Crippen LogP contribution in [0.4, 0.5) is 0 Å². The van der Waals surface area contributed by atoms with Crippen molar-refractivity contribution in [3.63, 3.8) is 0 Å². The fourth-order valence-electron chi connectivity index (χ4n) is 26.8. The second kappa shape index (κ2) is 35.5. The van der Waals surface area contributed by atoms with Crippen molar-refractivity contribution in [1.82, 2.24) is 57.5 Å². The molecule has 3 aromatic carbocycles. The molecule has 2 N–H and O–H groups in total. The van der Waals surface area contributed by atoms with Crippen molar-refractivity contribution < 1.29 is 19.4 Å². The highest BCUT2D eigenvalue weighted by Crippen LogP contribution is 2.52. The summed E-state index contributed by atoms with van der Waals surface area (Å²) in [7, 11) is 0. The van der Waals surface area contributed by atoms with Crippen molar-refractivity contribution >= 4 is 45.0 Å². The van der Waals surface area contributed by atoms with Gasteiger partial charge >= 0.3 is 11.9 Å². The molecule has 22 heteroatoms. The molecule has 6 aliphatic carbocycles. The van der Waals surface area contributed by atoms with Gasteiger partial charge < -0.3 is 28.5 Å². The van der Waals surface area contributed by atoms with Gasteiger partial charge in [-0.1, -0.05) is 151 Å². The fourth-order valence-corrected chi connectivity index (χ4v) is 26.8. The average Bonchev–Trinajstić information content (AvgIpc) is 0.757. The van der Waals surface area contributed by atoms with Crippen LogP contribution in [0.5, 0.6) is 0 Å². The molecule has 22 nitrogen and oxygen atoms in total. The summed E-state index contributed by atoms with van der Waals surface area (Å²) in [6.45, 7) is 1.18. The Hall–Kier alpha value is -9.25. The van der Waals surface area contributed by atoms with Gasteiger partial charge in [0.1, 0.15) is 13.1 Å². The molecule has 638 valence electrons. The Labute approximate surface area is 707 Å². The molecule has 21 rings (SSSR count). The van der Waals surface area contributed by atoms with Gasteiger partial charge in [-0.2, -0.15) is 0 Å². The summed E-state index contributed by atoms with van der Waals surface area (Å²) in [5.74, 6) is 3.73. The van der Waals surface area contributed by atoms with Gasteiger partial charge in [-0.15, -0.1) is 0 Å². The molecule has 12 heterocycles. The van der Waals surface area contributed by atoms with Gasteiger partial charge in [0.05, 0.1) is 56.8 Å². The van der Waals surface area contributed by atoms with E-state index in [0.29, 0.717) is 70.9 Å². The summed E-state index contributed by atoms with van der Waals surface area (Å²) in [5.41, 5.74) is 5.05. The fraction of sp³-hybridized carbons (Fsp3) is 0.586. The van der Waals surface area contributed by atoms with Crippen molar-refractivity contribution in [2.45, 2.75) is 324 Å². The number of aliphatic carboxylic acids is 1. The summed E-state index contributed by atoms with van der Waals surface area (Å²) in [6.07, 6.45) is 46.3. The minimum Gasteiger partial charge on any atom is -0.480 e. The Bertz CT molecular complexity index is 5610. The maximum absolute atomic E-state index is 14.5. The van der Waals surface area contributed by atoms with Crippen LogP contribution in [-0.2, 0) is 27.4 Å². The molecule has 6 unspecified atom stereocenters. The van der Waals surface area contributed by atoms with E-state index >= 15 is 0 Å². The van der Waals surface area contributed by atoms with Crippen LogP contribution >= 0.6 is 0 Å². The van der Waals surface area contributed by atoms with Crippen molar-refractivity contribution in [2.75, 3.05) is 6.61 Å². The highest BCUT2D eigenvalue weighted by atomic mass is 16.5. The maximum Gasteiger partial charge on any atom is 0.326 e. The summed E-state index contributed by atoms with van der Waals surface area (Å²) >= 11 is 0. The lowest BCUT2D eigenvalue weighted by Crippen LogP contribution is -2.58. The molecule has 121 heavy (non-hydrogen) atoms. The first kappa shape index (κ1) is 81.4. The third-order valence-corrected chi connectivity index (χ3v) is 31.3. The lowest BCUT2D eigenvalue weighted by atomic mass is 9.73. The van der Waals surface area contributed by atoms with Crippen LogP contribution in [-0.4, -0.2) is 135 Å². The number of fused-ring (bicyclic) bond motifs is 15. The number of piperidine rings is 6. The molecule has 0 radical (unpaired) electrons. The van der Waals surface area contributed by atoms with Crippen LogP contribution in [0.25, 0.3) is 67.3 Å². The van der Waals surface area contributed by atoms with Crippen LogP contribution in [0.3, 0.4) is 0 Å². The van der Waals surface area contributed by atoms with E-state index in [1.165, 1.54) is 215 Å². The van der Waals surface area contributed by atoms with Crippen molar-refractivity contribution in [1.29, 1.82) is 0 Å².